The number of H-pyrrole nitrogens is 1. The van der Waals surface area contributed by atoms with Crippen molar-refractivity contribution in [3.63, 3.8) is 0 Å². The van der Waals surface area contributed by atoms with Gasteiger partial charge in [0.05, 0.1) is 5.39 Å². The van der Waals surface area contributed by atoms with Crippen molar-refractivity contribution in [3.8, 4) is 0 Å². The van der Waals surface area contributed by atoms with Crippen LogP contribution in [0.15, 0.2) is 42.6 Å². The van der Waals surface area contributed by atoms with E-state index in [-0.39, 0.29) is 30.1 Å². The number of amides is 1. The summed E-state index contributed by atoms with van der Waals surface area (Å²) in [6, 6.07) is 11.8. The molecule has 2 aromatic heterocycles. The van der Waals surface area contributed by atoms with Gasteiger partial charge in [-0.15, -0.1) is 0 Å². The molecule has 4 rings (SSSR count). The van der Waals surface area contributed by atoms with Gasteiger partial charge in [-0.2, -0.15) is 4.98 Å². The van der Waals surface area contributed by atoms with Crippen molar-refractivity contribution in [3.05, 3.63) is 53.4 Å². The third-order valence-electron chi connectivity index (χ3n) is 5.05. The number of carbonyl (C=O) groups is 1. The first-order valence-corrected chi connectivity index (χ1v) is 9.72. The van der Waals surface area contributed by atoms with Gasteiger partial charge in [-0.1, -0.05) is 30.3 Å². The van der Waals surface area contributed by atoms with Crippen LogP contribution in [0.25, 0.3) is 11.0 Å². The number of carbonyl (C=O) groups excluding carboxylic acids is 1. The number of aromatic nitrogens is 3. The first-order chi connectivity index (χ1) is 13.6. The van der Waals surface area contributed by atoms with Gasteiger partial charge >= 0.3 is 6.09 Å². The Balaban J connectivity index is 1.42. The summed E-state index contributed by atoms with van der Waals surface area (Å²) in [4.78, 5) is 25.9. The molecule has 2 N–H and O–H groups in total. The Morgan fingerprint density at radius 2 is 2.11 bits per heavy atom. The van der Waals surface area contributed by atoms with Crippen LogP contribution in [0.2, 0.25) is 5.28 Å². The molecule has 1 aliphatic heterocycles. The monoisotopic (exact) mass is 399 g/mol. The number of piperidine rings is 1. The minimum absolute atomic E-state index is 0.0598. The fraction of sp³-hybridized carbons (Fsp3) is 0.350. The molecule has 8 heteroatoms. The fourth-order valence-corrected chi connectivity index (χ4v) is 3.67. The van der Waals surface area contributed by atoms with E-state index in [1.165, 1.54) is 0 Å². The lowest BCUT2D eigenvalue weighted by atomic mass is 10.00. The number of anilines is 1. The van der Waals surface area contributed by atoms with E-state index in [1.807, 2.05) is 43.3 Å². The average Bonchev–Trinajstić information content (AvgIpc) is 3.17. The van der Waals surface area contributed by atoms with E-state index in [9.17, 15) is 4.79 Å². The van der Waals surface area contributed by atoms with Crippen LogP contribution in [-0.4, -0.2) is 44.6 Å². The summed E-state index contributed by atoms with van der Waals surface area (Å²) in [7, 11) is 0. The summed E-state index contributed by atoms with van der Waals surface area (Å²) in [5.41, 5.74) is 1.66. The predicted molar refractivity (Wildman–Crippen MR) is 108 cm³/mol. The molecule has 0 aliphatic carbocycles. The number of fused-ring (bicyclic) bond motifs is 1. The van der Waals surface area contributed by atoms with Crippen molar-refractivity contribution >= 4 is 34.5 Å². The van der Waals surface area contributed by atoms with Crippen LogP contribution < -0.4 is 5.32 Å². The van der Waals surface area contributed by atoms with E-state index in [4.69, 9.17) is 16.3 Å². The Morgan fingerprint density at radius 1 is 1.29 bits per heavy atom. The van der Waals surface area contributed by atoms with Gasteiger partial charge in [0, 0.05) is 24.8 Å². The van der Waals surface area contributed by atoms with Gasteiger partial charge in [0.1, 0.15) is 18.1 Å². The van der Waals surface area contributed by atoms with Crippen LogP contribution in [0.1, 0.15) is 25.3 Å². The molecule has 0 bridgehead atoms. The molecule has 1 saturated heterocycles. The lowest BCUT2D eigenvalue weighted by molar-refractivity contribution is 0.0696. The molecule has 3 aromatic rings. The van der Waals surface area contributed by atoms with Gasteiger partial charge in [-0.05, 0) is 43.0 Å². The minimum atomic E-state index is -0.296. The molecule has 7 nitrogen and oxygen atoms in total. The Hall–Kier alpha value is -2.80. The average molecular weight is 400 g/mol. The quantitative estimate of drug-likeness (QED) is 0.642. The normalized spacial score (nSPS) is 19.6. The molecule has 0 unspecified atom stereocenters. The minimum Gasteiger partial charge on any atom is -0.445 e. The number of ether oxygens (including phenoxy) is 1. The van der Waals surface area contributed by atoms with Gasteiger partial charge < -0.3 is 19.9 Å². The number of benzene rings is 1. The van der Waals surface area contributed by atoms with Gasteiger partial charge in [0.2, 0.25) is 5.28 Å². The molecular weight excluding hydrogens is 378 g/mol. The zero-order valence-corrected chi connectivity index (χ0v) is 16.3. The van der Waals surface area contributed by atoms with Gasteiger partial charge in [0.15, 0.2) is 0 Å². The van der Waals surface area contributed by atoms with Gasteiger partial charge in [-0.3, -0.25) is 0 Å². The predicted octanol–water partition coefficient (Wildman–Crippen LogP) is 4.21. The van der Waals surface area contributed by atoms with Crippen molar-refractivity contribution in [1.82, 2.24) is 19.9 Å². The topological polar surface area (TPSA) is 83.1 Å². The number of aromatic amines is 1. The van der Waals surface area contributed by atoms with Crippen LogP contribution >= 0.6 is 11.6 Å². The Labute approximate surface area is 168 Å². The first-order valence-electron chi connectivity index (χ1n) is 9.34. The molecule has 1 aromatic carbocycles. The van der Waals surface area contributed by atoms with Crippen LogP contribution in [0, 0.1) is 0 Å². The molecule has 1 fully saturated rings. The van der Waals surface area contributed by atoms with Crippen LogP contribution in [0.4, 0.5) is 10.6 Å². The molecule has 3 heterocycles. The maximum absolute atomic E-state index is 12.6. The smallest absolute Gasteiger partial charge is 0.410 e. The van der Waals surface area contributed by atoms with E-state index < -0.39 is 0 Å². The maximum atomic E-state index is 12.6. The molecule has 0 radical (unpaired) electrons. The summed E-state index contributed by atoms with van der Waals surface area (Å²) in [6.07, 6.45) is 3.32. The molecule has 28 heavy (non-hydrogen) atoms. The fourth-order valence-electron chi connectivity index (χ4n) is 3.50. The summed E-state index contributed by atoms with van der Waals surface area (Å²) < 4.78 is 5.52. The van der Waals surface area contributed by atoms with E-state index in [0.717, 1.165) is 23.8 Å². The second-order valence-electron chi connectivity index (χ2n) is 7.04. The van der Waals surface area contributed by atoms with Crippen LogP contribution in [0.5, 0.6) is 0 Å². The lowest BCUT2D eigenvalue weighted by Gasteiger charge is -2.37. The Morgan fingerprint density at radius 3 is 2.93 bits per heavy atom. The highest BCUT2D eigenvalue weighted by Gasteiger charge is 2.30. The van der Waals surface area contributed by atoms with Crippen LogP contribution in [0.3, 0.4) is 0 Å². The van der Waals surface area contributed by atoms with Crippen LogP contribution in [-0.2, 0) is 11.3 Å². The molecular formula is C20H22ClN5O2. The van der Waals surface area contributed by atoms with Crippen molar-refractivity contribution < 1.29 is 9.53 Å². The van der Waals surface area contributed by atoms with E-state index >= 15 is 0 Å². The standard InChI is InChI=1S/C20H22ClN5O2/c1-13-7-8-15(23-18-16-9-10-22-17(16)24-19(21)25-18)11-26(13)20(27)28-12-14-5-3-2-4-6-14/h2-6,9-10,13,15H,7-8,11-12H2,1H3,(H2,22,23,24,25)/t13-,15-/m1/s1. The maximum Gasteiger partial charge on any atom is 0.410 e. The summed E-state index contributed by atoms with van der Waals surface area (Å²) in [5, 5.41) is 4.48. The number of rotatable bonds is 4. The number of hydrogen-bond acceptors (Lipinski definition) is 5. The molecule has 0 saturated carbocycles. The van der Waals surface area contributed by atoms with Crippen molar-refractivity contribution in [2.75, 3.05) is 11.9 Å². The number of likely N-dealkylation sites (tertiary alicyclic amines) is 1. The summed E-state index contributed by atoms with van der Waals surface area (Å²) >= 11 is 6.03. The first kappa shape index (κ1) is 18.6. The zero-order valence-electron chi connectivity index (χ0n) is 15.6. The summed E-state index contributed by atoms with van der Waals surface area (Å²) in [6.45, 7) is 2.86. The van der Waals surface area contributed by atoms with Gasteiger partial charge in [-0.25, -0.2) is 9.78 Å². The Kier molecular flexibility index (Phi) is 5.34. The second kappa shape index (κ2) is 8.06. The number of nitrogens with zero attached hydrogens (tertiary/aromatic N) is 3. The molecule has 2 atom stereocenters. The van der Waals surface area contributed by atoms with Gasteiger partial charge in [0.25, 0.3) is 0 Å². The van der Waals surface area contributed by atoms with Crippen molar-refractivity contribution in [2.24, 2.45) is 0 Å². The lowest BCUT2D eigenvalue weighted by Crippen LogP contribution is -2.49. The molecule has 0 spiro atoms. The highest BCUT2D eigenvalue weighted by molar-refractivity contribution is 6.28. The van der Waals surface area contributed by atoms with Crippen molar-refractivity contribution in [2.45, 2.75) is 38.5 Å². The Bertz CT molecular complexity index is 962. The summed E-state index contributed by atoms with van der Waals surface area (Å²) in [5.74, 6) is 0.674. The molecule has 1 amide bonds. The van der Waals surface area contributed by atoms with E-state index in [0.29, 0.717) is 18.0 Å². The highest BCUT2D eigenvalue weighted by atomic mass is 35.5. The molecule has 1 aliphatic rings. The largest absolute Gasteiger partial charge is 0.445 e. The second-order valence-corrected chi connectivity index (χ2v) is 7.38. The highest BCUT2D eigenvalue weighted by Crippen LogP contribution is 2.25. The third-order valence-corrected chi connectivity index (χ3v) is 5.22. The number of halogens is 1. The zero-order chi connectivity index (χ0) is 19.5. The SMILES string of the molecule is C[C@@H]1CC[C@@H](Nc2nc(Cl)nc3[nH]ccc23)CN1C(=O)OCc1ccccc1. The third kappa shape index (κ3) is 4.04. The number of hydrogen-bond donors (Lipinski definition) is 2. The van der Waals surface area contributed by atoms with Crippen molar-refractivity contribution in [1.29, 1.82) is 0 Å². The molecule has 146 valence electrons. The number of nitrogens with one attached hydrogen (secondary N) is 2. The van der Waals surface area contributed by atoms with E-state index in [1.54, 1.807) is 11.1 Å². The van der Waals surface area contributed by atoms with E-state index in [2.05, 4.69) is 20.3 Å².